The number of nitrogens with two attached hydrogens (primary N) is 1. The molecular formula is C23H20ClN5O4. The first-order valence-corrected chi connectivity index (χ1v) is 10.4. The van der Waals surface area contributed by atoms with Gasteiger partial charge in [0.05, 0.1) is 17.1 Å². The van der Waals surface area contributed by atoms with E-state index in [1.165, 1.54) is 13.3 Å². The maximum absolute atomic E-state index is 11.6. The number of hydrogen-bond acceptors (Lipinski definition) is 7. The number of amides is 1. The van der Waals surface area contributed by atoms with Gasteiger partial charge in [0, 0.05) is 17.4 Å². The summed E-state index contributed by atoms with van der Waals surface area (Å²) in [6.07, 6.45) is 2.45. The molecule has 0 unspecified atom stereocenters. The molecule has 0 saturated carbocycles. The summed E-state index contributed by atoms with van der Waals surface area (Å²) in [7, 11) is 0. The van der Waals surface area contributed by atoms with Gasteiger partial charge in [-0.05, 0) is 43.3 Å². The number of halogens is 1. The number of ketones is 1. The smallest absolute Gasteiger partial charge is 0.404 e. The highest BCUT2D eigenvalue weighted by Crippen LogP contribution is 2.33. The minimum atomic E-state index is -0.828. The van der Waals surface area contributed by atoms with E-state index >= 15 is 0 Å². The molecule has 2 aromatic carbocycles. The van der Waals surface area contributed by atoms with Crippen molar-refractivity contribution in [2.75, 3.05) is 11.9 Å². The van der Waals surface area contributed by atoms with Crippen molar-refractivity contribution in [1.82, 2.24) is 14.5 Å². The van der Waals surface area contributed by atoms with Gasteiger partial charge in [-0.2, -0.15) is 0 Å². The third-order valence-corrected chi connectivity index (χ3v) is 5.09. The minimum Gasteiger partial charge on any atom is -0.456 e. The second-order valence-electron chi connectivity index (χ2n) is 7.09. The lowest BCUT2D eigenvalue weighted by Crippen LogP contribution is -2.16. The second kappa shape index (κ2) is 9.58. The maximum atomic E-state index is 11.6. The zero-order valence-electron chi connectivity index (χ0n) is 17.6. The van der Waals surface area contributed by atoms with E-state index in [-0.39, 0.29) is 12.4 Å². The molecule has 3 N–H and O–H groups in total. The van der Waals surface area contributed by atoms with Crippen LogP contribution in [0.25, 0.3) is 11.0 Å². The van der Waals surface area contributed by atoms with Crippen molar-refractivity contribution in [3.05, 3.63) is 71.6 Å². The first-order chi connectivity index (χ1) is 15.9. The number of fused-ring (bicyclic) bond motifs is 1. The van der Waals surface area contributed by atoms with Crippen LogP contribution < -0.4 is 15.8 Å². The Morgan fingerprint density at radius 1 is 1.15 bits per heavy atom. The van der Waals surface area contributed by atoms with Crippen LogP contribution in [0.4, 0.5) is 16.3 Å². The summed E-state index contributed by atoms with van der Waals surface area (Å²) in [6, 6.07) is 14.0. The molecule has 4 aromatic rings. The van der Waals surface area contributed by atoms with Gasteiger partial charge in [0.2, 0.25) is 0 Å². The minimum absolute atomic E-state index is 0.0480. The number of anilines is 2. The van der Waals surface area contributed by atoms with E-state index < -0.39 is 6.09 Å². The Kier molecular flexibility index (Phi) is 6.41. The predicted molar refractivity (Wildman–Crippen MR) is 124 cm³/mol. The number of carbonyl (C=O) groups excluding carboxylic acids is 2. The number of Topliss-reactive ketones (excluding diaryl/α,β-unsaturated/α-hetero) is 1. The lowest BCUT2D eigenvalue weighted by molar-refractivity contribution is 0.101. The quantitative estimate of drug-likeness (QED) is 0.354. The summed E-state index contributed by atoms with van der Waals surface area (Å²) >= 11 is 6.44. The fraction of sp³-hybridized carbons (Fsp3) is 0.130. The van der Waals surface area contributed by atoms with Crippen molar-refractivity contribution in [3.8, 4) is 11.5 Å². The lowest BCUT2D eigenvalue weighted by Gasteiger charge is -2.13. The van der Waals surface area contributed by atoms with Crippen molar-refractivity contribution in [2.45, 2.75) is 13.5 Å². The van der Waals surface area contributed by atoms with Gasteiger partial charge in [-0.15, -0.1) is 0 Å². The number of benzene rings is 2. The summed E-state index contributed by atoms with van der Waals surface area (Å²) < 4.78 is 12.5. The van der Waals surface area contributed by atoms with Gasteiger partial charge in [-0.1, -0.05) is 23.7 Å². The van der Waals surface area contributed by atoms with E-state index in [0.29, 0.717) is 40.1 Å². The number of rotatable bonds is 8. The van der Waals surface area contributed by atoms with Gasteiger partial charge in [0.1, 0.15) is 29.9 Å². The number of aromatic nitrogens is 3. The number of nitrogens with zero attached hydrogens (tertiary/aromatic N) is 3. The molecule has 0 aliphatic rings. The Morgan fingerprint density at radius 3 is 2.76 bits per heavy atom. The van der Waals surface area contributed by atoms with Crippen molar-refractivity contribution >= 4 is 46.0 Å². The van der Waals surface area contributed by atoms with E-state index in [1.54, 1.807) is 42.5 Å². The van der Waals surface area contributed by atoms with Gasteiger partial charge in [-0.25, -0.2) is 14.8 Å². The van der Waals surface area contributed by atoms with Gasteiger partial charge in [0.25, 0.3) is 0 Å². The molecule has 0 aliphatic heterocycles. The molecule has 1 amide bonds. The van der Waals surface area contributed by atoms with Gasteiger partial charge < -0.3 is 25.1 Å². The lowest BCUT2D eigenvalue weighted by atomic mass is 10.1. The highest BCUT2D eigenvalue weighted by molar-refractivity contribution is 6.32. The Balaban J connectivity index is 1.54. The molecule has 4 rings (SSSR count). The molecule has 9 nitrogen and oxygen atoms in total. The van der Waals surface area contributed by atoms with Crippen LogP contribution in [0.2, 0.25) is 5.02 Å². The number of hydrogen-bond donors (Lipinski definition) is 2. The van der Waals surface area contributed by atoms with E-state index in [2.05, 4.69) is 15.3 Å². The molecule has 0 saturated heterocycles. The maximum Gasteiger partial charge on any atom is 0.404 e. The van der Waals surface area contributed by atoms with Crippen LogP contribution in [0.3, 0.4) is 0 Å². The summed E-state index contributed by atoms with van der Waals surface area (Å²) in [5, 5.41) is 3.62. The predicted octanol–water partition coefficient (Wildman–Crippen LogP) is 4.92. The molecular weight excluding hydrogens is 446 g/mol. The van der Waals surface area contributed by atoms with Gasteiger partial charge >= 0.3 is 6.09 Å². The summed E-state index contributed by atoms with van der Waals surface area (Å²) in [5.74, 6) is 1.47. The molecule has 0 bridgehead atoms. The van der Waals surface area contributed by atoms with Gasteiger partial charge in [-0.3, -0.25) is 4.79 Å². The van der Waals surface area contributed by atoms with Crippen molar-refractivity contribution < 1.29 is 19.1 Å². The summed E-state index contributed by atoms with van der Waals surface area (Å²) in [5.41, 5.74) is 7.73. The highest BCUT2D eigenvalue weighted by atomic mass is 35.5. The highest BCUT2D eigenvalue weighted by Gasteiger charge is 2.12. The molecule has 2 heterocycles. The van der Waals surface area contributed by atoms with E-state index in [1.807, 2.05) is 16.8 Å². The van der Waals surface area contributed by atoms with Crippen LogP contribution in [0.15, 0.2) is 61.1 Å². The SMILES string of the molecule is CC(=O)c1cccc(Oc2ccc(Nc3ncnc4ccn(CCOC(N)=O)c34)cc2Cl)c1. The molecule has 0 radical (unpaired) electrons. The first kappa shape index (κ1) is 22.1. The number of primary amides is 1. The Bertz CT molecular complexity index is 1340. The largest absolute Gasteiger partial charge is 0.456 e. The fourth-order valence-corrected chi connectivity index (χ4v) is 3.48. The van der Waals surface area contributed by atoms with Crippen LogP contribution in [0.1, 0.15) is 17.3 Å². The van der Waals surface area contributed by atoms with E-state index in [4.69, 9.17) is 26.8 Å². The standard InChI is InChI=1S/C23H20ClN5O4/c1-14(30)15-3-2-4-17(11-15)33-20-6-5-16(12-18(20)24)28-22-21-19(26-13-27-22)7-8-29(21)9-10-32-23(25)31/h2-8,11-13H,9-10H2,1H3,(H2,25,31)(H,26,27,28). The van der Waals surface area contributed by atoms with E-state index in [9.17, 15) is 9.59 Å². The fourth-order valence-electron chi connectivity index (χ4n) is 3.26. The average Bonchev–Trinajstić information content (AvgIpc) is 3.20. The zero-order chi connectivity index (χ0) is 23.4. The molecule has 10 heteroatoms. The Morgan fingerprint density at radius 2 is 2.00 bits per heavy atom. The van der Waals surface area contributed by atoms with Crippen molar-refractivity contribution in [1.29, 1.82) is 0 Å². The number of ether oxygens (including phenoxy) is 2. The second-order valence-corrected chi connectivity index (χ2v) is 7.50. The Hall–Kier alpha value is -4.11. The topological polar surface area (TPSA) is 121 Å². The zero-order valence-corrected chi connectivity index (χ0v) is 18.4. The van der Waals surface area contributed by atoms with Gasteiger partial charge in [0.15, 0.2) is 11.6 Å². The molecule has 2 aromatic heterocycles. The Labute approximate surface area is 194 Å². The molecule has 33 heavy (non-hydrogen) atoms. The monoisotopic (exact) mass is 465 g/mol. The van der Waals surface area contributed by atoms with Crippen LogP contribution in [-0.2, 0) is 11.3 Å². The first-order valence-electron chi connectivity index (χ1n) is 9.98. The third kappa shape index (κ3) is 5.21. The molecule has 168 valence electrons. The van der Waals surface area contributed by atoms with Crippen LogP contribution in [0, 0.1) is 0 Å². The van der Waals surface area contributed by atoms with E-state index in [0.717, 1.165) is 11.0 Å². The number of nitrogens with one attached hydrogen (secondary N) is 1. The average molecular weight is 466 g/mol. The summed E-state index contributed by atoms with van der Waals surface area (Å²) in [4.78, 5) is 31.0. The molecule has 0 atom stereocenters. The summed E-state index contributed by atoms with van der Waals surface area (Å²) in [6.45, 7) is 2.01. The molecule has 0 fully saturated rings. The normalized spacial score (nSPS) is 10.7. The van der Waals surface area contributed by atoms with Crippen LogP contribution in [-0.4, -0.2) is 33.0 Å². The van der Waals surface area contributed by atoms with Crippen molar-refractivity contribution in [3.63, 3.8) is 0 Å². The third-order valence-electron chi connectivity index (χ3n) is 4.79. The molecule has 0 spiro atoms. The van der Waals surface area contributed by atoms with Crippen LogP contribution in [0.5, 0.6) is 11.5 Å². The number of carbonyl (C=O) groups is 2. The van der Waals surface area contributed by atoms with Crippen LogP contribution >= 0.6 is 11.6 Å². The van der Waals surface area contributed by atoms with Crippen molar-refractivity contribution in [2.24, 2.45) is 5.73 Å². The molecule has 0 aliphatic carbocycles.